The van der Waals surface area contributed by atoms with Crippen LogP contribution in [0.25, 0.3) is 0 Å². The minimum Gasteiger partial charge on any atom is -0.489 e. The second kappa shape index (κ2) is 8.95. The van der Waals surface area contributed by atoms with Gasteiger partial charge in [-0.3, -0.25) is 4.79 Å². The summed E-state index contributed by atoms with van der Waals surface area (Å²) < 4.78 is 5.79. The van der Waals surface area contributed by atoms with Gasteiger partial charge in [0.1, 0.15) is 17.2 Å². The highest BCUT2D eigenvalue weighted by Gasteiger charge is 2.15. The zero-order chi connectivity index (χ0) is 19.1. The second-order valence-corrected chi connectivity index (χ2v) is 6.76. The summed E-state index contributed by atoms with van der Waals surface area (Å²) >= 11 is 1.16. The minimum atomic E-state index is -0.311. The van der Waals surface area contributed by atoms with Gasteiger partial charge in [-0.05, 0) is 29.7 Å². The third kappa shape index (κ3) is 5.15. The fraction of sp³-hybridized carbons (Fsp3) is 0.150. The van der Waals surface area contributed by atoms with E-state index in [0.717, 1.165) is 28.2 Å². The number of nitrogens with one attached hydrogen (secondary N) is 1. The molecule has 0 atom stereocenters. The molecule has 0 radical (unpaired) electrons. The summed E-state index contributed by atoms with van der Waals surface area (Å²) in [4.78, 5) is 16.9. The summed E-state index contributed by atoms with van der Waals surface area (Å²) in [7, 11) is 0. The number of rotatable bonds is 7. The predicted molar refractivity (Wildman–Crippen MR) is 108 cm³/mol. The van der Waals surface area contributed by atoms with Crippen molar-refractivity contribution in [3.05, 3.63) is 76.3 Å². The fourth-order valence-electron chi connectivity index (χ4n) is 2.43. The average molecular weight is 380 g/mol. The molecule has 6 nitrogen and oxygen atoms in total. The van der Waals surface area contributed by atoms with Crippen LogP contribution in [0.4, 0.5) is 5.13 Å². The lowest BCUT2D eigenvalue weighted by molar-refractivity contribution is 0.0958. The van der Waals surface area contributed by atoms with Gasteiger partial charge in [0.25, 0.3) is 5.91 Å². The van der Waals surface area contributed by atoms with Gasteiger partial charge in [-0.15, -0.1) is 0 Å². The number of hydrogen-bond donors (Lipinski definition) is 2. The fourth-order valence-corrected chi connectivity index (χ4v) is 3.24. The smallest absolute Gasteiger partial charge is 0.283 e. The van der Waals surface area contributed by atoms with E-state index in [4.69, 9.17) is 10.5 Å². The summed E-state index contributed by atoms with van der Waals surface area (Å²) in [5.41, 5.74) is 10.8. The number of anilines is 1. The summed E-state index contributed by atoms with van der Waals surface area (Å²) in [6.07, 6.45) is 2.21. The zero-order valence-electron chi connectivity index (χ0n) is 14.9. The number of carbonyl (C=O) groups is 1. The van der Waals surface area contributed by atoms with Crippen LogP contribution in [0.5, 0.6) is 5.75 Å². The van der Waals surface area contributed by atoms with Crippen LogP contribution in [-0.2, 0) is 13.0 Å². The number of benzene rings is 2. The first-order valence-corrected chi connectivity index (χ1v) is 9.32. The molecule has 2 aromatic carbocycles. The lowest BCUT2D eigenvalue weighted by Crippen LogP contribution is -2.17. The Morgan fingerprint density at radius 2 is 2.07 bits per heavy atom. The highest BCUT2D eigenvalue weighted by atomic mass is 32.1. The largest absolute Gasteiger partial charge is 0.489 e. The molecule has 0 bridgehead atoms. The molecule has 27 heavy (non-hydrogen) atoms. The first-order chi connectivity index (χ1) is 13.2. The number of nitrogens with two attached hydrogens (primary N) is 1. The van der Waals surface area contributed by atoms with Gasteiger partial charge in [0.05, 0.1) is 11.9 Å². The Balaban J connectivity index is 1.59. The number of aryl methyl sites for hydroxylation is 1. The zero-order valence-corrected chi connectivity index (χ0v) is 15.7. The van der Waals surface area contributed by atoms with Crippen LogP contribution in [0, 0.1) is 0 Å². The molecule has 1 amide bonds. The van der Waals surface area contributed by atoms with Crippen molar-refractivity contribution >= 4 is 28.6 Å². The van der Waals surface area contributed by atoms with Gasteiger partial charge >= 0.3 is 0 Å². The van der Waals surface area contributed by atoms with E-state index in [1.54, 1.807) is 6.21 Å². The van der Waals surface area contributed by atoms with Crippen molar-refractivity contribution in [1.82, 2.24) is 10.4 Å². The van der Waals surface area contributed by atoms with E-state index in [2.05, 4.69) is 15.5 Å². The highest BCUT2D eigenvalue weighted by molar-refractivity contribution is 7.17. The van der Waals surface area contributed by atoms with Gasteiger partial charge in [0.2, 0.25) is 0 Å². The molecule has 0 saturated carbocycles. The molecular formula is C20H20N4O2S. The number of ether oxygens (including phenoxy) is 1. The molecule has 7 heteroatoms. The quantitative estimate of drug-likeness (QED) is 0.484. The molecule has 1 heterocycles. The van der Waals surface area contributed by atoms with E-state index in [9.17, 15) is 4.79 Å². The average Bonchev–Trinajstić information content (AvgIpc) is 3.08. The highest BCUT2D eigenvalue weighted by Crippen LogP contribution is 2.20. The standard InChI is InChI=1S/C20H20N4O2S/c1-2-17-18(27-20(21)23-17)19(25)24-22-12-15-9-6-10-16(11-15)26-13-14-7-4-3-5-8-14/h3-12H,2,13H2,1H3,(H2,21,23)(H,24,25). The van der Waals surface area contributed by atoms with E-state index < -0.39 is 0 Å². The monoisotopic (exact) mass is 380 g/mol. The van der Waals surface area contributed by atoms with Crippen LogP contribution in [0.2, 0.25) is 0 Å². The van der Waals surface area contributed by atoms with Crippen LogP contribution in [-0.4, -0.2) is 17.1 Å². The van der Waals surface area contributed by atoms with Gasteiger partial charge in [0.15, 0.2) is 5.13 Å². The Bertz CT molecular complexity index is 938. The maximum atomic E-state index is 12.2. The second-order valence-electron chi connectivity index (χ2n) is 5.73. The summed E-state index contributed by atoms with van der Waals surface area (Å²) in [5, 5.41) is 4.40. The van der Waals surface area contributed by atoms with Gasteiger partial charge in [-0.25, -0.2) is 10.4 Å². The first-order valence-electron chi connectivity index (χ1n) is 8.51. The third-order valence-electron chi connectivity index (χ3n) is 3.74. The van der Waals surface area contributed by atoms with Crippen molar-refractivity contribution in [2.45, 2.75) is 20.0 Å². The van der Waals surface area contributed by atoms with Crippen molar-refractivity contribution in [2.24, 2.45) is 5.10 Å². The normalized spacial score (nSPS) is 10.9. The molecule has 0 aliphatic heterocycles. The van der Waals surface area contributed by atoms with E-state index in [0.29, 0.717) is 28.7 Å². The molecule has 0 aliphatic rings. The Labute approximate surface area is 161 Å². The van der Waals surface area contributed by atoms with Crippen LogP contribution >= 0.6 is 11.3 Å². The Kier molecular flexibility index (Phi) is 6.17. The third-order valence-corrected chi connectivity index (χ3v) is 4.67. The molecule has 3 aromatic rings. The molecule has 3 N–H and O–H groups in total. The number of aromatic nitrogens is 1. The van der Waals surface area contributed by atoms with Crippen LogP contribution in [0.3, 0.4) is 0 Å². The molecule has 138 valence electrons. The predicted octanol–water partition coefficient (Wildman–Crippen LogP) is 3.63. The number of hydrogen-bond acceptors (Lipinski definition) is 6. The molecule has 0 spiro atoms. The number of nitrogens with zero attached hydrogens (tertiary/aromatic N) is 2. The van der Waals surface area contributed by atoms with Crippen molar-refractivity contribution in [2.75, 3.05) is 5.73 Å². The van der Waals surface area contributed by atoms with Gasteiger partial charge < -0.3 is 10.5 Å². The maximum Gasteiger partial charge on any atom is 0.283 e. The number of amides is 1. The summed E-state index contributed by atoms with van der Waals surface area (Å²) in [5.74, 6) is 0.423. The van der Waals surface area contributed by atoms with Gasteiger partial charge in [-0.2, -0.15) is 5.10 Å². The first kappa shape index (κ1) is 18.6. The van der Waals surface area contributed by atoms with Gasteiger partial charge in [-0.1, -0.05) is 60.7 Å². The topological polar surface area (TPSA) is 89.6 Å². The van der Waals surface area contributed by atoms with Crippen LogP contribution in [0.15, 0.2) is 59.7 Å². The lowest BCUT2D eigenvalue weighted by Gasteiger charge is -2.06. The van der Waals surface area contributed by atoms with Crippen LogP contribution in [0.1, 0.15) is 33.4 Å². The Morgan fingerprint density at radius 1 is 1.26 bits per heavy atom. The SMILES string of the molecule is CCc1nc(N)sc1C(=O)NN=Cc1cccc(OCc2ccccc2)c1. The Morgan fingerprint density at radius 3 is 2.85 bits per heavy atom. The number of nitrogen functional groups attached to an aromatic ring is 1. The van der Waals surface area contributed by atoms with E-state index in [-0.39, 0.29) is 5.91 Å². The molecule has 0 aliphatic carbocycles. The van der Waals surface area contributed by atoms with Crippen molar-refractivity contribution in [3.63, 3.8) is 0 Å². The number of thiazole rings is 1. The molecular weight excluding hydrogens is 360 g/mol. The van der Waals surface area contributed by atoms with Crippen LogP contribution < -0.4 is 15.9 Å². The summed E-state index contributed by atoms with van der Waals surface area (Å²) in [6, 6.07) is 17.5. The maximum absolute atomic E-state index is 12.2. The Hall–Kier alpha value is -3.19. The molecule has 0 fully saturated rings. The van der Waals surface area contributed by atoms with Gasteiger partial charge in [0, 0.05) is 0 Å². The van der Waals surface area contributed by atoms with E-state index in [1.165, 1.54) is 0 Å². The van der Waals surface area contributed by atoms with E-state index >= 15 is 0 Å². The molecule has 1 aromatic heterocycles. The number of carbonyl (C=O) groups excluding carboxylic acids is 1. The molecule has 0 unspecified atom stereocenters. The van der Waals surface area contributed by atoms with Crippen molar-refractivity contribution in [3.8, 4) is 5.75 Å². The van der Waals surface area contributed by atoms with Crippen molar-refractivity contribution in [1.29, 1.82) is 0 Å². The molecule has 3 rings (SSSR count). The lowest BCUT2D eigenvalue weighted by atomic mass is 10.2. The summed E-state index contributed by atoms with van der Waals surface area (Å²) in [6.45, 7) is 2.42. The van der Waals surface area contributed by atoms with Crippen molar-refractivity contribution < 1.29 is 9.53 Å². The molecule has 0 saturated heterocycles. The number of hydrazone groups is 1. The van der Waals surface area contributed by atoms with E-state index in [1.807, 2.05) is 61.5 Å². The minimum absolute atomic E-state index is 0.311.